The Bertz CT molecular complexity index is 1510. The van der Waals surface area contributed by atoms with Crippen LogP contribution in [0.15, 0.2) is 83.8 Å². The molecule has 0 spiro atoms. The van der Waals surface area contributed by atoms with Crippen molar-refractivity contribution >= 4 is 21.8 Å². The lowest BCUT2D eigenvalue weighted by molar-refractivity contribution is -0.141. The number of morpholine rings is 1. The summed E-state index contributed by atoms with van der Waals surface area (Å²) in [4.78, 5) is 31.8. The molecule has 45 heavy (non-hydrogen) atoms. The summed E-state index contributed by atoms with van der Waals surface area (Å²) in [5, 5.41) is 3.05. The summed E-state index contributed by atoms with van der Waals surface area (Å²) in [7, 11) is -3.57. The van der Waals surface area contributed by atoms with E-state index in [1.807, 2.05) is 30.3 Å². The fraction of sp³-hybridized carbons (Fsp3) is 0.412. The van der Waals surface area contributed by atoms with E-state index in [-0.39, 0.29) is 41.5 Å². The normalized spacial score (nSPS) is 16.2. The van der Waals surface area contributed by atoms with Crippen molar-refractivity contribution < 1.29 is 27.1 Å². The van der Waals surface area contributed by atoms with Crippen molar-refractivity contribution in [3.05, 3.63) is 101 Å². The second-order valence-corrected chi connectivity index (χ2v) is 13.4. The molecule has 0 bridgehead atoms. The zero-order valence-corrected chi connectivity index (χ0v) is 26.2. The first-order valence-electron chi connectivity index (χ1n) is 15.5. The Labute approximate surface area is 264 Å². The van der Waals surface area contributed by atoms with Gasteiger partial charge in [-0.25, -0.2) is 17.5 Å². The summed E-state index contributed by atoms with van der Waals surface area (Å²) in [5.41, 5.74) is 2.44. The minimum atomic E-state index is -3.57. The number of hydrogen-bond acceptors (Lipinski definition) is 6. The molecule has 1 atom stereocenters. The van der Waals surface area contributed by atoms with Crippen molar-refractivity contribution in [3.8, 4) is 0 Å². The number of benzene rings is 3. The van der Waals surface area contributed by atoms with Crippen LogP contribution in [-0.2, 0) is 43.7 Å². The standard InChI is InChI=1S/C34H41FN4O5S/c35-29-11-6-28(7-12-29)25-39(33(40)17-10-26-8-15-31(16-9-26)45(42,43)37-30-13-14-30)32(24-27-4-2-1-3-5-27)34(41)36-18-19-38-20-22-44-23-21-38/h1-9,11-12,15-16,30,32,37H,10,13-14,17-25H2,(H,36,41). The number of rotatable bonds is 15. The van der Waals surface area contributed by atoms with Crippen LogP contribution in [-0.4, -0.2) is 81.5 Å². The Morgan fingerprint density at radius 3 is 2.24 bits per heavy atom. The van der Waals surface area contributed by atoms with Crippen LogP contribution >= 0.6 is 0 Å². The van der Waals surface area contributed by atoms with Crippen molar-refractivity contribution in [2.75, 3.05) is 39.4 Å². The van der Waals surface area contributed by atoms with E-state index in [9.17, 15) is 22.4 Å². The van der Waals surface area contributed by atoms with Gasteiger partial charge in [0, 0.05) is 51.6 Å². The van der Waals surface area contributed by atoms with Gasteiger partial charge in [0.15, 0.2) is 0 Å². The Balaban J connectivity index is 1.32. The number of amides is 2. The molecule has 3 aromatic rings. The zero-order valence-electron chi connectivity index (χ0n) is 25.4. The van der Waals surface area contributed by atoms with E-state index in [1.54, 1.807) is 41.3 Å². The van der Waals surface area contributed by atoms with E-state index in [0.717, 1.165) is 37.1 Å². The molecule has 240 valence electrons. The summed E-state index contributed by atoms with van der Waals surface area (Å²) in [6.45, 7) is 4.21. The van der Waals surface area contributed by atoms with Gasteiger partial charge in [0.25, 0.3) is 0 Å². The Morgan fingerprint density at radius 2 is 1.58 bits per heavy atom. The molecule has 2 fully saturated rings. The molecule has 1 saturated carbocycles. The van der Waals surface area contributed by atoms with Crippen molar-refractivity contribution in [2.45, 2.75) is 55.6 Å². The molecule has 2 aliphatic rings. The smallest absolute Gasteiger partial charge is 0.243 e. The van der Waals surface area contributed by atoms with E-state index in [1.165, 1.54) is 12.1 Å². The maximum atomic E-state index is 13.9. The van der Waals surface area contributed by atoms with Gasteiger partial charge in [-0.3, -0.25) is 14.5 Å². The molecule has 0 radical (unpaired) electrons. The number of carbonyl (C=O) groups excluding carboxylic acids is 2. The highest BCUT2D eigenvalue weighted by Crippen LogP contribution is 2.23. The monoisotopic (exact) mass is 636 g/mol. The van der Waals surface area contributed by atoms with Crippen LogP contribution in [0.5, 0.6) is 0 Å². The summed E-state index contributed by atoms with van der Waals surface area (Å²) in [5.74, 6) is -0.855. The number of halogens is 1. The third kappa shape index (κ3) is 9.92. The maximum Gasteiger partial charge on any atom is 0.243 e. The molecule has 2 amide bonds. The highest BCUT2D eigenvalue weighted by molar-refractivity contribution is 7.89. The molecule has 5 rings (SSSR count). The van der Waals surface area contributed by atoms with Crippen LogP contribution in [0, 0.1) is 5.82 Å². The molecule has 2 N–H and O–H groups in total. The number of aryl methyl sites for hydroxylation is 1. The van der Waals surface area contributed by atoms with E-state index in [0.29, 0.717) is 44.7 Å². The first-order chi connectivity index (χ1) is 21.8. The molecule has 1 heterocycles. The van der Waals surface area contributed by atoms with Gasteiger partial charge in [-0.05, 0) is 60.2 Å². The first kappa shape index (κ1) is 32.7. The lowest BCUT2D eigenvalue weighted by Gasteiger charge is -2.32. The van der Waals surface area contributed by atoms with Crippen molar-refractivity contribution in [2.24, 2.45) is 0 Å². The van der Waals surface area contributed by atoms with Crippen LogP contribution in [0.2, 0.25) is 0 Å². The minimum absolute atomic E-state index is 0.0137. The third-order valence-electron chi connectivity index (χ3n) is 8.13. The molecule has 9 nitrogen and oxygen atoms in total. The largest absolute Gasteiger partial charge is 0.379 e. The van der Waals surface area contributed by atoms with Gasteiger partial charge < -0.3 is 15.0 Å². The second-order valence-electron chi connectivity index (χ2n) is 11.6. The summed E-state index contributed by atoms with van der Waals surface area (Å²) in [6.07, 6.45) is 2.50. The van der Waals surface area contributed by atoms with Crippen LogP contribution in [0.1, 0.15) is 36.0 Å². The summed E-state index contributed by atoms with van der Waals surface area (Å²) in [6, 6.07) is 21.3. The number of carbonyl (C=O) groups is 2. The Kier molecular flexibility index (Phi) is 11.3. The van der Waals surface area contributed by atoms with E-state index in [4.69, 9.17) is 4.74 Å². The van der Waals surface area contributed by atoms with Crippen molar-refractivity contribution in [1.29, 1.82) is 0 Å². The van der Waals surface area contributed by atoms with E-state index < -0.39 is 16.1 Å². The van der Waals surface area contributed by atoms with Gasteiger partial charge in [0.05, 0.1) is 18.1 Å². The average molecular weight is 637 g/mol. The minimum Gasteiger partial charge on any atom is -0.379 e. The molecule has 1 saturated heterocycles. The van der Waals surface area contributed by atoms with Gasteiger partial charge in [-0.15, -0.1) is 0 Å². The lowest BCUT2D eigenvalue weighted by atomic mass is 10.0. The first-order valence-corrected chi connectivity index (χ1v) is 17.0. The number of ether oxygens (including phenoxy) is 1. The van der Waals surface area contributed by atoms with Crippen molar-refractivity contribution in [3.63, 3.8) is 0 Å². The van der Waals surface area contributed by atoms with Crippen LogP contribution in [0.4, 0.5) is 4.39 Å². The molecule has 1 aliphatic carbocycles. The van der Waals surface area contributed by atoms with Crippen LogP contribution < -0.4 is 10.0 Å². The van der Waals surface area contributed by atoms with Crippen LogP contribution in [0.3, 0.4) is 0 Å². The van der Waals surface area contributed by atoms with Gasteiger partial charge in [-0.1, -0.05) is 54.6 Å². The molecule has 11 heteroatoms. The van der Waals surface area contributed by atoms with Crippen molar-refractivity contribution in [1.82, 2.24) is 19.8 Å². The Morgan fingerprint density at radius 1 is 0.911 bits per heavy atom. The second kappa shape index (κ2) is 15.6. The van der Waals surface area contributed by atoms with Gasteiger partial charge >= 0.3 is 0 Å². The van der Waals surface area contributed by atoms with E-state index in [2.05, 4.69) is 14.9 Å². The predicted molar refractivity (Wildman–Crippen MR) is 169 cm³/mol. The molecule has 3 aromatic carbocycles. The Hall–Kier alpha value is -3.64. The number of sulfonamides is 1. The van der Waals surface area contributed by atoms with Gasteiger partial charge in [0.2, 0.25) is 21.8 Å². The molecule has 1 unspecified atom stereocenters. The van der Waals surface area contributed by atoms with Gasteiger partial charge in [0.1, 0.15) is 11.9 Å². The number of hydrogen-bond donors (Lipinski definition) is 2. The van der Waals surface area contributed by atoms with Crippen LogP contribution in [0.25, 0.3) is 0 Å². The third-order valence-corrected chi connectivity index (χ3v) is 9.67. The highest BCUT2D eigenvalue weighted by Gasteiger charge is 2.31. The fourth-order valence-electron chi connectivity index (χ4n) is 5.34. The molecule has 1 aliphatic heterocycles. The highest BCUT2D eigenvalue weighted by atomic mass is 32.2. The quantitative estimate of drug-likeness (QED) is 0.265. The maximum absolute atomic E-state index is 13.9. The molecular weight excluding hydrogens is 595 g/mol. The van der Waals surface area contributed by atoms with Gasteiger partial charge in [-0.2, -0.15) is 0 Å². The average Bonchev–Trinajstić information content (AvgIpc) is 3.87. The lowest BCUT2D eigenvalue weighted by Crippen LogP contribution is -2.52. The predicted octanol–water partition coefficient (Wildman–Crippen LogP) is 3.29. The number of nitrogens with zero attached hydrogens (tertiary/aromatic N) is 2. The molecule has 0 aromatic heterocycles. The number of nitrogens with one attached hydrogen (secondary N) is 2. The van der Waals surface area contributed by atoms with E-state index >= 15 is 0 Å². The fourth-order valence-corrected chi connectivity index (χ4v) is 6.64. The molecular formula is C34H41FN4O5S. The zero-order chi connectivity index (χ0) is 31.6. The SMILES string of the molecule is O=C(NCCN1CCOCC1)C(Cc1ccccc1)N(Cc1ccc(F)cc1)C(=O)CCc1ccc(S(=O)(=O)NC2CC2)cc1. The summed E-state index contributed by atoms with van der Waals surface area (Å²) >= 11 is 0. The summed E-state index contributed by atoms with van der Waals surface area (Å²) < 4.78 is 46.9. The topological polar surface area (TPSA) is 108 Å².